The van der Waals surface area contributed by atoms with Crippen LogP contribution in [0.3, 0.4) is 0 Å². The van der Waals surface area contributed by atoms with Crippen LogP contribution in [0.1, 0.15) is 25.7 Å². The number of hydrogen-bond donors (Lipinski definition) is 1. The number of allylic oxidation sites excluding steroid dienone is 4. The van der Waals surface area contributed by atoms with E-state index >= 15 is 0 Å². The summed E-state index contributed by atoms with van der Waals surface area (Å²) in [7, 11) is 0. The van der Waals surface area contributed by atoms with Crippen molar-refractivity contribution in [1.82, 2.24) is 0 Å². The fraction of sp³-hybridized carbons (Fsp3) is 0.600. The minimum absolute atomic E-state index is 0.664. The quantitative estimate of drug-likeness (QED) is 0.525. The zero-order valence-electron chi connectivity index (χ0n) is 6.79. The van der Waals surface area contributed by atoms with Crippen molar-refractivity contribution in [1.29, 1.82) is 0 Å². The molecule has 0 bridgehead atoms. The number of hydrogen-bond acceptors (Lipinski definition) is 1. The van der Waals surface area contributed by atoms with Gasteiger partial charge in [0.15, 0.2) is 0 Å². The summed E-state index contributed by atoms with van der Waals surface area (Å²) in [6.07, 6.45) is 11.9. The molecule has 1 nitrogen and oxygen atoms in total. The van der Waals surface area contributed by atoms with Crippen molar-refractivity contribution >= 4 is 0 Å². The van der Waals surface area contributed by atoms with Crippen LogP contribution in [0.5, 0.6) is 0 Å². The van der Waals surface area contributed by atoms with Crippen molar-refractivity contribution in [3.63, 3.8) is 0 Å². The lowest BCUT2D eigenvalue weighted by Gasteiger charge is -2.29. The first-order valence-corrected chi connectivity index (χ1v) is 4.49. The van der Waals surface area contributed by atoms with Gasteiger partial charge in [-0.25, -0.2) is 0 Å². The maximum atomic E-state index is 5.77. The van der Waals surface area contributed by atoms with E-state index in [0.717, 1.165) is 18.0 Å². The molecule has 0 aromatic rings. The second kappa shape index (κ2) is 2.72. The molecule has 0 aromatic heterocycles. The smallest absolute Gasteiger partial charge is 0.00461 e. The van der Waals surface area contributed by atoms with Crippen LogP contribution in [-0.2, 0) is 0 Å². The molecule has 0 heterocycles. The van der Waals surface area contributed by atoms with Crippen molar-refractivity contribution < 1.29 is 0 Å². The largest absolute Gasteiger partial charge is 0.402 e. The van der Waals surface area contributed by atoms with Gasteiger partial charge in [0.05, 0.1) is 0 Å². The molecule has 0 aromatic carbocycles. The van der Waals surface area contributed by atoms with Gasteiger partial charge < -0.3 is 5.73 Å². The Kier molecular flexibility index (Phi) is 1.72. The first-order chi connectivity index (χ1) is 5.36. The molecular weight excluding hydrogens is 134 g/mol. The Bertz CT molecular complexity index is 203. The minimum atomic E-state index is 0.664. The fourth-order valence-electron chi connectivity index (χ4n) is 2.12. The van der Waals surface area contributed by atoms with Crippen LogP contribution in [0.25, 0.3) is 0 Å². The van der Waals surface area contributed by atoms with Gasteiger partial charge in [-0.1, -0.05) is 18.2 Å². The Balaban J connectivity index is 2.18. The molecule has 2 aliphatic rings. The van der Waals surface area contributed by atoms with Gasteiger partial charge in [0.25, 0.3) is 0 Å². The molecule has 2 rings (SSSR count). The Hall–Kier alpha value is -0.720. The van der Waals surface area contributed by atoms with E-state index in [1.165, 1.54) is 19.3 Å². The van der Waals surface area contributed by atoms with Crippen LogP contribution in [0.2, 0.25) is 0 Å². The summed E-state index contributed by atoms with van der Waals surface area (Å²) in [6, 6.07) is 0. The number of fused-ring (bicyclic) bond motifs is 1. The van der Waals surface area contributed by atoms with Crippen LogP contribution in [0, 0.1) is 11.8 Å². The van der Waals surface area contributed by atoms with Crippen LogP contribution >= 0.6 is 0 Å². The van der Waals surface area contributed by atoms with Crippen molar-refractivity contribution in [3.05, 3.63) is 23.9 Å². The molecule has 0 aliphatic heterocycles. The van der Waals surface area contributed by atoms with Gasteiger partial charge >= 0.3 is 0 Å². The van der Waals surface area contributed by atoms with Gasteiger partial charge in [0.1, 0.15) is 0 Å². The van der Waals surface area contributed by atoms with Gasteiger partial charge in [-0.15, -0.1) is 0 Å². The van der Waals surface area contributed by atoms with E-state index < -0.39 is 0 Å². The van der Waals surface area contributed by atoms with Gasteiger partial charge in [-0.05, 0) is 37.5 Å². The molecule has 0 radical (unpaired) electrons. The zero-order chi connectivity index (χ0) is 7.68. The molecule has 2 aliphatic carbocycles. The van der Waals surface area contributed by atoms with Crippen molar-refractivity contribution in [2.24, 2.45) is 17.6 Å². The fourth-order valence-corrected chi connectivity index (χ4v) is 2.12. The van der Waals surface area contributed by atoms with Crippen LogP contribution in [-0.4, -0.2) is 0 Å². The molecule has 2 atom stereocenters. The molecule has 0 saturated heterocycles. The van der Waals surface area contributed by atoms with Gasteiger partial charge in [-0.3, -0.25) is 0 Å². The molecule has 0 amide bonds. The molecule has 11 heavy (non-hydrogen) atoms. The Morgan fingerprint density at radius 2 is 2.27 bits per heavy atom. The van der Waals surface area contributed by atoms with Crippen LogP contribution in [0.4, 0.5) is 0 Å². The highest BCUT2D eigenvalue weighted by Crippen LogP contribution is 2.34. The molecule has 0 fully saturated rings. The monoisotopic (exact) mass is 149 g/mol. The predicted octanol–water partition coefficient (Wildman–Crippen LogP) is 2.21. The Morgan fingerprint density at radius 3 is 3.18 bits per heavy atom. The summed E-state index contributed by atoms with van der Waals surface area (Å²) in [5.74, 6) is 1.56. The number of nitrogens with two attached hydrogens (primary N) is 1. The molecule has 0 saturated carbocycles. The van der Waals surface area contributed by atoms with Crippen molar-refractivity contribution in [3.8, 4) is 0 Å². The average Bonchev–Trinajstić information content (AvgIpc) is 2.04. The highest BCUT2D eigenvalue weighted by molar-refractivity contribution is 5.14. The summed E-state index contributed by atoms with van der Waals surface area (Å²) < 4.78 is 0. The van der Waals surface area contributed by atoms with Gasteiger partial charge in [0, 0.05) is 5.70 Å². The van der Waals surface area contributed by atoms with E-state index in [1.54, 1.807) is 0 Å². The summed E-state index contributed by atoms with van der Waals surface area (Å²) in [5, 5.41) is 0. The SMILES string of the molecule is NC1=C[C@@H]2C=CCCC2CC1. The van der Waals surface area contributed by atoms with E-state index in [4.69, 9.17) is 5.73 Å². The van der Waals surface area contributed by atoms with E-state index in [0.29, 0.717) is 5.92 Å². The lowest BCUT2D eigenvalue weighted by molar-refractivity contribution is 0.361. The molecule has 1 unspecified atom stereocenters. The highest BCUT2D eigenvalue weighted by Gasteiger charge is 2.23. The topological polar surface area (TPSA) is 26.0 Å². The van der Waals surface area contributed by atoms with E-state index in [9.17, 15) is 0 Å². The molecule has 60 valence electrons. The van der Waals surface area contributed by atoms with Gasteiger partial charge in [0.2, 0.25) is 0 Å². The second-order valence-corrected chi connectivity index (χ2v) is 3.62. The predicted molar refractivity (Wildman–Crippen MR) is 46.9 cm³/mol. The lowest BCUT2D eigenvalue weighted by Crippen LogP contribution is -2.20. The molecule has 2 N–H and O–H groups in total. The van der Waals surface area contributed by atoms with Crippen molar-refractivity contribution in [2.45, 2.75) is 25.7 Å². The van der Waals surface area contributed by atoms with Gasteiger partial charge in [-0.2, -0.15) is 0 Å². The van der Waals surface area contributed by atoms with E-state index in [-0.39, 0.29) is 0 Å². The van der Waals surface area contributed by atoms with Crippen molar-refractivity contribution in [2.75, 3.05) is 0 Å². The van der Waals surface area contributed by atoms with E-state index in [2.05, 4.69) is 18.2 Å². The standard InChI is InChI=1S/C10H15N/c11-10-6-5-8-3-1-2-4-9(8)7-10/h2,4,7-9H,1,3,5-6,11H2/t8?,9-/m0/s1. The Labute approximate surface area is 68.0 Å². The second-order valence-electron chi connectivity index (χ2n) is 3.62. The molecular formula is C10H15N. The van der Waals surface area contributed by atoms with Crippen LogP contribution < -0.4 is 5.73 Å². The normalized spacial score (nSPS) is 36.2. The van der Waals surface area contributed by atoms with Crippen LogP contribution in [0.15, 0.2) is 23.9 Å². The Morgan fingerprint density at radius 1 is 1.36 bits per heavy atom. The molecule has 0 spiro atoms. The molecule has 1 heteroatoms. The summed E-state index contributed by atoms with van der Waals surface area (Å²) >= 11 is 0. The maximum Gasteiger partial charge on any atom is 0.00461 e. The average molecular weight is 149 g/mol. The third kappa shape index (κ3) is 1.32. The van der Waals surface area contributed by atoms with E-state index in [1.807, 2.05) is 0 Å². The summed E-state index contributed by atoms with van der Waals surface area (Å²) in [6.45, 7) is 0. The maximum absolute atomic E-state index is 5.77. The summed E-state index contributed by atoms with van der Waals surface area (Å²) in [4.78, 5) is 0. The highest BCUT2D eigenvalue weighted by atomic mass is 14.6. The third-order valence-electron chi connectivity index (χ3n) is 2.82. The summed E-state index contributed by atoms with van der Waals surface area (Å²) in [5.41, 5.74) is 6.86. The third-order valence-corrected chi connectivity index (χ3v) is 2.82. The first kappa shape index (κ1) is 6.96. The first-order valence-electron chi connectivity index (χ1n) is 4.49. The minimum Gasteiger partial charge on any atom is -0.402 e. The lowest BCUT2D eigenvalue weighted by atomic mass is 9.77. The number of rotatable bonds is 0. The zero-order valence-corrected chi connectivity index (χ0v) is 6.79.